The van der Waals surface area contributed by atoms with Gasteiger partial charge in [-0.25, -0.2) is 0 Å². The predicted molar refractivity (Wildman–Crippen MR) is 228 cm³/mol. The van der Waals surface area contributed by atoms with Crippen LogP contribution >= 0.6 is 0 Å². The first-order chi connectivity index (χ1) is 26.8. The molecule has 0 N–H and O–H groups in total. The summed E-state index contributed by atoms with van der Waals surface area (Å²) in [4.78, 5) is 2.35. The lowest BCUT2D eigenvalue weighted by Crippen LogP contribution is -2.10. The molecular weight excluding hydrogens is 655 g/mol. The summed E-state index contributed by atoms with van der Waals surface area (Å²) in [7, 11) is 0. The lowest BCUT2D eigenvalue weighted by atomic mass is 9.92. The molecule has 54 heavy (non-hydrogen) atoms. The largest absolute Gasteiger partial charge is 0.456 e. The van der Waals surface area contributed by atoms with Crippen molar-refractivity contribution >= 4 is 49.8 Å². The van der Waals surface area contributed by atoms with E-state index in [9.17, 15) is 0 Å². The van der Waals surface area contributed by atoms with E-state index in [-0.39, 0.29) is 0 Å². The standard InChI is InChI=1S/C52H35NO/c1-3-12-36(13-4-1)37-26-30-44(31-27-37)53(49-19-11-21-51-52(49)48-18-9-10-20-50(48)54-51)45-32-28-38(29-33-45)40-22-23-42-35-43(25-24-41(42)34-40)47-17-8-7-16-46(47)39-14-5-2-6-15-39/h1-35H. The lowest BCUT2D eigenvalue weighted by molar-refractivity contribution is 0.669. The fourth-order valence-electron chi connectivity index (χ4n) is 7.80. The highest BCUT2D eigenvalue weighted by Crippen LogP contribution is 2.44. The highest BCUT2D eigenvalue weighted by Gasteiger charge is 2.19. The van der Waals surface area contributed by atoms with Gasteiger partial charge in [0.2, 0.25) is 0 Å². The van der Waals surface area contributed by atoms with Gasteiger partial charge >= 0.3 is 0 Å². The van der Waals surface area contributed by atoms with Crippen LogP contribution in [0.2, 0.25) is 0 Å². The van der Waals surface area contributed by atoms with Gasteiger partial charge in [-0.3, -0.25) is 0 Å². The quantitative estimate of drug-likeness (QED) is 0.166. The van der Waals surface area contributed by atoms with Crippen molar-refractivity contribution in [2.24, 2.45) is 0 Å². The Morgan fingerprint density at radius 2 is 0.796 bits per heavy atom. The van der Waals surface area contributed by atoms with Crippen molar-refractivity contribution in [2.45, 2.75) is 0 Å². The van der Waals surface area contributed by atoms with Crippen molar-refractivity contribution in [1.29, 1.82) is 0 Å². The van der Waals surface area contributed by atoms with E-state index in [0.717, 1.165) is 39.0 Å². The number of para-hydroxylation sites is 1. The van der Waals surface area contributed by atoms with E-state index in [0.29, 0.717) is 0 Å². The molecule has 9 aromatic carbocycles. The van der Waals surface area contributed by atoms with Gasteiger partial charge in [0.05, 0.1) is 11.1 Å². The highest BCUT2D eigenvalue weighted by atomic mass is 16.3. The summed E-state index contributed by atoms with van der Waals surface area (Å²) in [5, 5.41) is 4.65. The third-order valence-corrected chi connectivity index (χ3v) is 10.5. The molecule has 0 aliphatic heterocycles. The van der Waals surface area contributed by atoms with E-state index in [4.69, 9.17) is 4.42 Å². The van der Waals surface area contributed by atoms with Gasteiger partial charge in [0.25, 0.3) is 0 Å². The first kappa shape index (κ1) is 31.6. The van der Waals surface area contributed by atoms with E-state index in [2.05, 4.69) is 205 Å². The molecule has 2 heteroatoms. The minimum atomic E-state index is 0.874. The van der Waals surface area contributed by atoms with Crippen LogP contribution in [0.15, 0.2) is 217 Å². The molecule has 10 rings (SSSR count). The van der Waals surface area contributed by atoms with Crippen molar-refractivity contribution in [3.63, 3.8) is 0 Å². The third-order valence-electron chi connectivity index (χ3n) is 10.5. The highest BCUT2D eigenvalue weighted by molar-refractivity contribution is 6.13. The average molecular weight is 690 g/mol. The molecule has 0 saturated carbocycles. The third kappa shape index (κ3) is 5.71. The molecule has 0 unspecified atom stereocenters. The number of nitrogens with zero attached hydrogens (tertiary/aromatic N) is 1. The Hall–Kier alpha value is -7.16. The Kier molecular flexibility index (Phi) is 7.85. The Morgan fingerprint density at radius 3 is 1.48 bits per heavy atom. The van der Waals surface area contributed by atoms with Crippen LogP contribution < -0.4 is 4.90 Å². The van der Waals surface area contributed by atoms with E-state index in [1.165, 1.54) is 55.3 Å². The molecule has 0 amide bonds. The van der Waals surface area contributed by atoms with Crippen LogP contribution in [0.4, 0.5) is 17.1 Å². The average Bonchev–Trinajstić information content (AvgIpc) is 3.64. The maximum atomic E-state index is 6.34. The molecule has 10 aromatic rings. The summed E-state index contributed by atoms with van der Waals surface area (Å²) in [5.41, 5.74) is 14.7. The molecule has 0 spiro atoms. The minimum Gasteiger partial charge on any atom is -0.456 e. The molecule has 0 bridgehead atoms. The van der Waals surface area contributed by atoms with Gasteiger partial charge in [-0.05, 0) is 110 Å². The second kappa shape index (κ2) is 13.4. The monoisotopic (exact) mass is 689 g/mol. The molecule has 2 nitrogen and oxygen atoms in total. The summed E-state index contributed by atoms with van der Waals surface area (Å²) in [5.74, 6) is 0. The molecule has 0 aliphatic carbocycles. The first-order valence-corrected chi connectivity index (χ1v) is 18.4. The van der Waals surface area contributed by atoms with E-state index in [1.807, 2.05) is 12.1 Å². The lowest BCUT2D eigenvalue weighted by Gasteiger charge is -2.26. The Labute approximate surface area is 314 Å². The molecular formula is C52H35NO. The molecule has 1 heterocycles. The Balaban J connectivity index is 1.02. The van der Waals surface area contributed by atoms with Crippen molar-refractivity contribution < 1.29 is 4.42 Å². The van der Waals surface area contributed by atoms with Gasteiger partial charge in [-0.1, -0.05) is 158 Å². The van der Waals surface area contributed by atoms with Crippen LogP contribution in [0.1, 0.15) is 0 Å². The van der Waals surface area contributed by atoms with Gasteiger partial charge in [-0.15, -0.1) is 0 Å². The van der Waals surface area contributed by atoms with E-state index < -0.39 is 0 Å². The van der Waals surface area contributed by atoms with Crippen LogP contribution in [-0.2, 0) is 0 Å². The van der Waals surface area contributed by atoms with Crippen molar-refractivity contribution in [3.05, 3.63) is 212 Å². The zero-order valence-corrected chi connectivity index (χ0v) is 29.6. The van der Waals surface area contributed by atoms with E-state index in [1.54, 1.807) is 0 Å². The van der Waals surface area contributed by atoms with Crippen molar-refractivity contribution in [1.82, 2.24) is 0 Å². The molecule has 0 aliphatic rings. The summed E-state index contributed by atoms with van der Waals surface area (Å²) < 4.78 is 6.34. The summed E-state index contributed by atoms with van der Waals surface area (Å²) in [6, 6.07) is 75.8. The fourth-order valence-corrected chi connectivity index (χ4v) is 7.80. The molecule has 0 atom stereocenters. The normalized spacial score (nSPS) is 11.3. The van der Waals surface area contributed by atoms with Gasteiger partial charge in [0.1, 0.15) is 11.2 Å². The summed E-state index contributed by atoms with van der Waals surface area (Å²) in [6.45, 7) is 0. The van der Waals surface area contributed by atoms with Gasteiger partial charge in [0, 0.05) is 16.8 Å². The fraction of sp³-hybridized carbons (Fsp3) is 0. The number of fused-ring (bicyclic) bond motifs is 4. The zero-order chi connectivity index (χ0) is 35.8. The van der Waals surface area contributed by atoms with Crippen LogP contribution in [-0.4, -0.2) is 0 Å². The Morgan fingerprint density at radius 1 is 0.315 bits per heavy atom. The summed E-state index contributed by atoms with van der Waals surface area (Å²) in [6.07, 6.45) is 0. The second-order valence-corrected chi connectivity index (χ2v) is 13.7. The second-order valence-electron chi connectivity index (χ2n) is 13.7. The zero-order valence-electron chi connectivity index (χ0n) is 29.6. The molecule has 1 aromatic heterocycles. The first-order valence-electron chi connectivity index (χ1n) is 18.4. The van der Waals surface area contributed by atoms with Crippen molar-refractivity contribution in [2.75, 3.05) is 4.90 Å². The van der Waals surface area contributed by atoms with Crippen molar-refractivity contribution in [3.8, 4) is 44.5 Å². The predicted octanol–water partition coefficient (Wildman–Crippen LogP) is 14.9. The number of hydrogen-bond donors (Lipinski definition) is 0. The summed E-state index contributed by atoms with van der Waals surface area (Å²) >= 11 is 0. The molecule has 0 radical (unpaired) electrons. The van der Waals surface area contributed by atoms with Gasteiger partial charge in [0.15, 0.2) is 0 Å². The Bertz CT molecular complexity index is 2910. The van der Waals surface area contributed by atoms with Gasteiger partial charge in [-0.2, -0.15) is 0 Å². The number of hydrogen-bond acceptors (Lipinski definition) is 2. The maximum absolute atomic E-state index is 6.34. The van der Waals surface area contributed by atoms with Crippen LogP contribution in [0.25, 0.3) is 77.2 Å². The smallest absolute Gasteiger partial charge is 0.137 e. The maximum Gasteiger partial charge on any atom is 0.137 e. The number of benzene rings is 9. The van der Waals surface area contributed by atoms with E-state index >= 15 is 0 Å². The van der Waals surface area contributed by atoms with Crippen LogP contribution in [0.5, 0.6) is 0 Å². The topological polar surface area (TPSA) is 16.4 Å². The number of anilines is 3. The van der Waals surface area contributed by atoms with Gasteiger partial charge < -0.3 is 9.32 Å². The number of rotatable bonds is 7. The molecule has 0 fully saturated rings. The van der Waals surface area contributed by atoms with Crippen LogP contribution in [0, 0.1) is 0 Å². The molecule has 0 saturated heterocycles. The van der Waals surface area contributed by atoms with Crippen LogP contribution in [0.3, 0.4) is 0 Å². The molecule has 254 valence electrons. The minimum absolute atomic E-state index is 0.874. The SMILES string of the molecule is c1ccc(-c2ccc(N(c3ccc(-c4ccc5cc(-c6ccccc6-c6ccccc6)ccc5c4)cc3)c3cccc4oc5ccccc5c34)cc2)cc1. The number of furan rings is 1.